The summed E-state index contributed by atoms with van der Waals surface area (Å²) < 4.78 is 3.75. The van der Waals surface area contributed by atoms with Crippen molar-refractivity contribution in [3.8, 4) is 5.75 Å². The van der Waals surface area contributed by atoms with Crippen LogP contribution in [0.25, 0.3) is 11.0 Å². The number of halogens is 3. The van der Waals surface area contributed by atoms with Gasteiger partial charge in [0.15, 0.2) is 5.16 Å². The Morgan fingerprint density at radius 2 is 1.94 bits per heavy atom. The summed E-state index contributed by atoms with van der Waals surface area (Å²) in [6.07, 6.45) is 1.44. The quantitative estimate of drug-likeness (QED) is 0.109. The number of fused-ring (bicyclic) bond motifs is 1. The van der Waals surface area contributed by atoms with Gasteiger partial charge in [-0.05, 0) is 81.1 Å². The summed E-state index contributed by atoms with van der Waals surface area (Å²) in [6.45, 7) is 0.548. The fourth-order valence-corrected chi connectivity index (χ4v) is 6.03. The van der Waals surface area contributed by atoms with Gasteiger partial charge in [-0.15, -0.1) is 0 Å². The number of carbonyl (C=O) groups excluding carboxylic acids is 1. The van der Waals surface area contributed by atoms with Gasteiger partial charge in [0.25, 0.3) is 5.91 Å². The fraction of sp³-hybridized carbons (Fsp3) is 0.0870. The molecular weight excluding hydrogens is 686 g/mol. The van der Waals surface area contributed by atoms with Crippen LogP contribution < -0.4 is 5.43 Å². The first-order valence-electron chi connectivity index (χ1n) is 9.74. The molecule has 1 aromatic heterocycles. The number of imidazole rings is 1. The van der Waals surface area contributed by atoms with Crippen LogP contribution in [0.2, 0.25) is 5.02 Å². The first-order chi connectivity index (χ1) is 15.9. The molecule has 4 aromatic rings. The first kappa shape index (κ1) is 24.3. The standard InChI is InChI=1S/C23H17ClI2N4O2S/c24-17-6-2-1-5-14(17)12-30-20-8-4-3-7-19(20)28-23(30)33-13-21(31)29-27-11-15-9-16(25)10-18(26)22(15)32/h1-11,32H,12-13H2,(H,29,31)/b27-11+. The highest BCUT2D eigenvalue weighted by Crippen LogP contribution is 2.27. The zero-order valence-corrected chi connectivity index (χ0v) is 22.9. The third kappa shape index (κ3) is 6.00. The van der Waals surface area contributed by atoms with Crippen molar-refractivity contribution in [1.29, 1.82) is 0 Å². The maximum Gasteiger partial charge on any atom is 0.250 e. The topological polar surface area (TPSA) is 79.5 Å². The number of phenolic OH excluding ortho intramolecular Hbond substituents is 1. The van der Waals surface area contributed by atoms with Gasteiger partial charge in [0.05, 0.1) is 33.1 Å². The number of nitrogens with one attached hydrogen (secondary N) is 1. The molecule has 0 radical (unpaired) electrons. The van der Waals surface area contributed by atoms with E-state index in [1.54, 1.807) is 6.07 Å². The largest absolute Gasteiger partial charge is 0.506 e. The van der Waals surface area contributed by atoms with E-state index < -0.39 is 0 Å². The van der Waals surface area contributed by atoms with Crippen molar-refractivity contribution in [1.82, 2.24) is 15.0 Å². The van der Waals surface area contributed by atoms with Gasteiger partial charge in [-0.2, -0.15) is 5.10 Å². The van der Waals surface area contributed by atoms with Crippen molar-refractivity contribution in [2.75, 3.05) is 5.75 Å². The lowest BCUT2D eigenvalue weighted by atomic mass is 10.2. The Kier molecular flexibility index (Phi) is 8.15. The molecule has 10 heteroatoms. The number of aromatic hydroxyl groups is 1. The minimum Gasteiger partial charge on any atom is -0.506 e. The average Bonchev–Trinajstić information content (AvgIpc) is 3.14. The number of amides is 1. The molecule has 4 rings (SSSR count). The number of thioether (sulfide) groups is 1. The van der Waals surface area contributed by atoms with Gasteiger partial charge in [0.2, 0.25) is 0 Å². The maximum atomic E-state index is 12.4. The highest BCUT2D eigenvalue weighted by molar-refractivity contribution is 14.1. The molecule has 0 bridgehead atoms. The lowest BCUT2D eigenvalue weighted by Crippen LogP contribution is -2.20. The highest BCUT2D eigenvalue weighted by Gasteiger charge is 2.14. The number of hydrogen-bond donors (Lipinski definition) is 2. The van der Waals surface area contributed by atoms with E-state index in [-0.39, 0.29) is 17.4 Å². The lowest BCUT2D eigenvalue weighted by Gasteiger charge is -2.10. The van der Waals surface area contributed by atoms with Gasteiger partial charge in [0, 0.05) is 14.2 Å². The number of hydrazone groups is 1. The normalized spacial score (nSPS) is 11.4. The molecule has 33 heavy (non-hydrogen) atoms. The van der Waals surface area contributed by atoms with Crippen molar-refractivity contribution in [3.63, 3.8) is 0 Å². The smallest absolute Gasteiger partial charge is 0.250 e. The maximum absolute atomic E-state index is 12.4. The van der Waals surface area contributed by atoms with Crippen molar-refractivity contribution >= 4 is 91.7 Å². The van der Waals surface area contributed by atoms with Crippen molar-refractivity contribution < 1.29 is 9.90 Å². The lowest BCUT2D eigenvalue weighted by molar-refractivity contribution is -0.118. The zero-order valence-electron chi connectivity index (χ0n) is 17.0. The molecule has 168 valence electrons. The number of phenols is 1. The first-order valence-corrected chi connectivity index (χ1v) is 13.3. The third-order valence-corrected chi connectivity index (χ3v) is 7.48. The minimum atomic E-state index is -0.271. The van der Waals surface area contributed by atoms with Crippen LogP contribution >= 0.6 is 68.5 Å². The second kappa shape index (κ2) is 11.1. The predicted molar refractivity (Wildman–Crippen MR) is 150 cm³/mol. The number of benzene rings is 3. The zero-order chi connectivity index (χ0) is 23.4. The van der Waals surface area contributed by atoms with Gasteiger partial charge in [-0.3, -0.25) is 4.79 Å². The summed E-state index contributed by atoms with van der Waals surface area (Å²) in [5, 5.41) is 15.5. The summed E-state index contributed by atoms with van der Waals surface area (Å²) in [7, 11) is 0. The molecule has 0 saturated carbocycles. The second-order valence-corrected chi connectivity index (χ2v) is 10.7. The molecular formula is C23H17ClI2N4O2S. The van der Waals surface area contributed by atoms with E-state index in [4.69, 9.17) is 16.6 Å². The Hall–Kier alpha value is -1.83. The van der Waals surface area contributed by atoms with Crippen LogP contribution in [0.15, 0.2) is 70.9 Å². The molecule has 1 amide bonds. The van der Waals surface area contributed by atoms with Crippen molar-refractivity contribution in [3.05, 3.63) is 84.0 Å². The molecule has 0 fully saturated rings. The fourth-order valence-electron chi connectivity index (χ4n) is 3.13. The van der Waals surface area contributed by atoms with E-state index in [1.807, 2.05) is 54.6 Å². The summed E-state index contributed by atoms with van der Waals surface area (Å²) >= 11 is 11.9. The molecule has 1 heterocycles. The minimum absolute atomic E-state index is 0.136. The molecule has 2 N–H and O–H groups in total. The molecule has 0 unspecified atom stereocenters. The number of carbonyl (C=O) groups is 1. The third-order valence-electron chi connectivity index (χ3n) is 4.69. The molecule has 0 atom stereocenters. The Bertz CT molecular complexity index is 1360. The van der Waals surface area contributed by atoms with Crippen molar-refractivity contribution in [2.24, 2.45) is 5.10 Å². The molecule has 6 nitrogen and oxygen atoms in total. The van der Waals surface area contributed by atoms with Crippen LogP contribution in [-0.2, 0) is 11.3 Å². The van der Waals surface area contributed by atoms with Crippen LogP contribution in [0.3, 0.4) is 0 Å². The molecule has 0 spiro atoms. The second-order valence-electron chi connectivity index (χ2n) is 6.97. The summed E-state index contributed by atoms with van der Waals surface area (Å²) in [5.74, 6) is 0.00282. The summed E-state index contributed by atoms with van der Waals surface area (Å²) in [6, 6.07) is 19.2. The van der Waals surface area contributed by atoms with Crippen LogP contribution in [0.1, 0.15) is 11.1 Å². The number of para-hydroxylation sites is 2. The monoisotopic (exact) mass is 702 g/mol. The Labute approximate surface area is 227 Å². The average molecular weight is 703 g/mol. The summed E-state index contributed by atoms with van der Waals surface area (Å²) in [4.78, 5) is 17.1. The Morgan fingerprint density at radius 3 is 2.76 bits per heavy atom. The molecule has 0 aliphatic carbocycles. The van der Waals surface area contributed by atoms with E-state index in [1.165, 1.54) is 18.0 Å². The van der Waals surface area contributed by atoms with E-state index >= 15 is 0 Å². The molecule has 0 aliphatic rings. The SMILES string of the molecule is O=C(CSc1nc2ccccc2n1Cc1ccccc1Cl)N/N=C/c1cc(I)cc(I)c1O. The molecule has 3 aromatic carbocycles. The van der Waals surface area contributed by atoms with E-state index in [0.29, 0.717) is 17.1 Å². The van der Waals surface area contributed by atoms with Gasteiger partial charge >= 0.3 is 0 Å². The van der Waals surface area contributed by atoms with Gasteiger partial charge in [-0.25, -0.2) is 10.4 Å². The van der Waals surface area contributed by atoms with Gasteiger partial charge in [-0.1, -0.05) is 53.7 Å². The number of rotatable bonds is 7. The molecule has 0 aliphatic heterocycles. The predicted octanol–water partition coefficient (Wildman–Crippen LogP) is 5.90. The Balaban J connectivity index is 1.47. The van der Waals surface area contributed by atoms with E-state index in [0.717, 1.165) is 28.9 Å². The van der Waals surface area contributed by atoms with Crippen molar-refractivity contribution in [2.45, 2.75) is 11.7 Å². The van der Waals surface area contributed by atoms with Crippen LogP contribution in [-0.4, -0.2) is 32.5 Å². The number of hydrogen-bond acceptors (Lipinski definition) is 5. The molecule has 0 saturated heterocycles. The highest BCUT2D eigenvalue weighted by atomic mass is 127. The van der Waals surface area contributed by atoms with Crippen LogP contribution in [0, 0.1) is 7.14 Å². The van der Waals surface area contributed by atoms with Crippen LogP contribution in [0.5, 0.6) is 5.75 Å². The van der Waals surface area contributed by atoms with E-state index in [2.05, 4.69) is 60.3 Å². The van der Waals surface area contributed by atoms with Gasteiger partial charge in [0.1, 0.15) is 5.75 Å². The number of aromatic nitrogens is 2. The summed E-state index contributed by atoms with van der Waals surface area (Å²) in [5.41, 5.74) is 5.86. The Morgan fingerprint density at radius 1 is 1.18 bits per heavy atom. The number of nitrogens with zero attached hydrogens (tertiary/aromatic N) is 3. The van der Waals surface area contributed by atoms with E-state index in [9.17, 15) is 9.90 Å². The van der Waals surface area contributed by atoms with Crippen LogP contribution in [0.4, 0.5) is 0 Å². The van der Waals surface area contributed by atoms with Gasteiger partial charge < -0.3 is 9.67 Å².